The van der Waals surface area contributed by atoms with Crippen molar-refractivity contribution >= 4 is 46.1 Å². The highest BCUT2D eigenvalue weighted by atomic mass is 35.5. The molecule has 2 heterocycles. The van der Waals surface area contributed by atoms with Crippen molar-refractivity contribution in [1.29, 1.82) is 0 Å². The van der Waals surface area contributed by atoms with Gasteiger partial charge in [-0.2, -0.15) is 0 Å². The smallest absolute Gasteiger partial charge is 0.335 e. The molecule has 4 rings (SSSR count). The molecule has 0 saturated carbocycles. The SMILES string of the molecule is CCCC1CCN(C(=O)Cn2c(C)c(Sc3cccc(C(=O)O)c3)c3ccc(Cl)c(F)c32)C1. The molecule has 1 aliphatic heterocycles. The van der Waals surface area contributed by atoms with Gasteiger partial charge in [0.2, 0.25) is 5.91 Å². The van der Waals surface area contributed by atoms with Crippen molar-refractivity contribution in [2.45, 2.75) is 49.4 Å². The molecule has 1 N–H and O–H groups in total. The van der Waals surface area contributed by atoms with Crippen LogP contribution in [0.25, 0.3) is 10.9 Å². The number of carbonyl (C=O) groups is 2. The van der Waals surface area contributed by atoms with E-state index >= 15 is 4.39 Å². The number of carboxylic acid groups (broad SMARTS) is 1. The molecule has 2 aromatic carbocycles. The normalized spacial score (nSPS) is 16.0. The van der Waals surface area contributed by atoms with E-state index in [1.165, 1.54) is 23.9 Å². The molecule has 33 heavy (non-hydrogen) atoms. The minimum atomic E-state index is -1.01. The zero-order valence-electron chi connectivity index (χ0n) is 18.6. The summed E-state index contributed by atoms with van der Waals surface area (Å²) in [6.45, 7) is 5.52. The molecule has 0 spiro atoms. The maximum absolute atomic E-state index is 15.2. The van der Waals surface area contributed by atoms with E-state index < -0.39 is 11.8 Å². The Labute approximate surface area is 201 Å². The molecular weight excluding hydrogens is 463 g/mol. The van der Waals surface area contributed by atoms with Crippen molar-refractivity contribution < 1.29 is 19.1 Å². The van der Waals surface area contributed by atoms with Gasteiger partial charge in [0.1, 0.15) is 6.54 Å². The van der Waals surface area contributed by atoms with E-state index in [9.17, 15) is 14.7 Å². The van der Waals surface area contributed by atoms with Gasteiger partial charge in [-0.05, 0) is 56.0 Å². The molecular formula is C25H26ClFN2O3S. The Balaban J connectivity index is 1.71. The maximum Gasteiger partial charge on any atom is 0.335 e. The molecule has 0 radical (unpaired) electrons. The number of likely N-dealkylation sites (tertiary alicyclic amines) is 1. The molecule has 1 amide bonds. The van der Waals surface area contributed by atoms with E-state index in [0.29, 0.717) is 16.8 Å². The van der Waals surface area contributed by atoms with Crippen LogP contribution in [0, 0.1) is 18.7 Å². The van der Waals surface area contributed by atoms with Crippen LogP contribution in [-0.2, 0) is 11.3 Å². The number of rotatable bonds is 7. The fourth-order valence-electron chi connectivity index (χ4n) is 4.55. The third kappa shape index (κ3) is 4.75. The standard InChI is InChI=1S/C25H26ClFN2O3S/c1-3-5-16-10-11-28(13-16)21(30)14-29-15(2)24(19-8-9-20(26)22(27)23(19)29)33-18-7-4-6-17(12-18)25(31)32/h4,6-9,12,16H,3,5,10-11,13-14H2,1-2H3,(H,31,32). The van der Waals surface area contributed by atoms with Gasteiger partial charge in [-0.15, -0.1) is 0 Å². The largest absolute Gasteiger partial charge is 0.478 e. The molecule has 1 aliphatic rings. The van der Waals surface area contributed by atoms with Gasteiger partial charge in [0.15, 0.2) is 5.82 Å². The van der Waals surface area contributed by atoms with Gasteiger partial charge in [-0.3, -0.25) is 4.79 Å². The third-order valence-electron chi connectivity index (χ3n) is 6.25. The number of aromatic carboxylic acids is 1. The molecule has 5 nitrogen and oxygen atoms in total. The van der Waals surface area contributed by atoms with Gasteiger partial charge in [0.05, 0.1) is 16.1 Å². The first-order chi connectivity index (χ1) is 15.8. The highest BCUT2D eigenvalue weighted by Crippen LogP contribution is 2.40. The van der Waals surface area contributed by atoms with Crippen molar-refractivity contribution in [3.8, 4) is 0 Å². The molecule has 174 valence electrons. The van der Waals surface area contributed by atoms with E-state index in [0.717, 1.165) is 47.8 Å². The first-order valence-electron chi connectivity index (χ1n) is 11.1. The molecule has 1 aromatic heterocycles. The Morgan fingerprint density at radius 3 is 2.79 bits per heavy atom. The van der Waals surface area contributed by atoms with Gasteiger partial charge in [-0.1, -0.05) is 42.8 Å². The quantitative estimate of drug-likeness (QED) is 0.427. The Bertz CT molecular complexity index is 1230. The van der Waals surface area contributed by atoms with Gasteiger partial charge < -0.3 is 14.6 Å². The first kappa shape index (κ1) is 23.6. The number of carbonyl (C=O) groups excluding carboxylic acids is 1. The summed E-state index contributed by atoms with van der Waals surface area (Å²) in [4.78, 5) is 27.9. The fraction of sp³-hybridized carbons (Fsp3) is 0.360. The molecule has 1 saturated heterocycles. The number of hydrogen-bond donors (Lipinski definition) is 1. The van der Waals surface area contributed by atoms with Gasteiger partial charge >= 0.3 is 5.97 Å². The van der Waals surface area contributed by atoms with Crippen LogP contribution in [0.3, 0.4) is 0 Å². The summed E-state index contributed by atoms with van der Waals surface area (Å²) >= 11 is 7.46. The van der Waals surface area contributed by atoms with Crippen LogP contribution < -0.4 is 0 Å². The molecule has 8 heteroatoms. The van der Waals surface area contributed by atoms with Crippen LogP contribution in [0.4, 0.5) is 4.39 Å². The summed E-state index contributed by atoms with van der Waals surface area (Å²) in [5.74, 6) is -1.06. The number of carboxylic acids is 1. The van der Waals surface area contributed by atoms with Crippen molar-refractivity contribution in [3.63, 3.8) is 0 Å². The minimum absolute atomic E-state index is 0.00214. The third-order valence-corrected chi connectivity index (χ3v) is 7.75. The average Bonchev–Trinajstić information content (AvgIpc) is 3.36. The van der Waals surface area contributed by atoms with Gasteiger partial charge in [0, 0.05) is 34.0 Å². The summed E-state index contributed by atoms with van der Waals surface area (Å²) < 4.78 is 16.9. The lowest BCUT2D eigenvalue weighted by atomic mass is 10.0. The van der Waals surface area contributed by atoms with Gasteiger partial charge in [-0.25, -0.2) is 9.18 Å². The van der Waals surface area contributed by atoms with Crippen LogP contribution in [0.1, 0.15) is 42.2 Å². The molecule has 1 fully saturated rings. The predicted molar refractivity (Wildman–Crippen MR) is 129 cm³/mol. The number of nitrogens with zero attached hydrogens (tertiary/aromatic N) is 2. The summed E-state index contributed by atoms with van der Waals surface area (Å²) in [6, 6.07) is 9.88. The Hall–Kier alpha value is -2.51. The number of halogens is 2. The van der Waals surface area contributed by atoms with E-state index in [2.05, 4.69) is 6.92 Å². The van der Waals surface area contributed by atoms with Crippen LogP contribution in [0.15, 0.2) is 46.2 Å². The summed E-state index contributed by atoms with van der Waals surface area (Å²) in [5, 5.41) is 9.96. The van der Waals surface area contributed by atoms with Crippen LogP contribution >= 0.6 is 23.4 Å². The lowest BCUT2D eigenvalue weighted by Gasteiger charge is -2.18. The number of hydrogen-bond acceptors (Lipinski definition) is 3. The zero-order chi connectivity index (χ0) is 23.7. The summed E-state index contributed by atoms with van der Waals surface area (Å²) in [5.41, 5.74) is 1.23. The molecule has 1 atom stereocenters. The highest BCUT2D eigenvalue weighted by Gasteiger charge is 2.28. The molecule has 3 aromatic rings. The van der Waals surface area contributed by atoms with E-state index in [-0.39, 0.29) is 23.0 Å². The Morgan fingerprint density at radius 1 is 1.27 bits per heavy atom. The number of fused-ring (bicyclic) bond motifs is 1. The molecule has 0 bridgehead atoms. The maximum atomic E-state index is 15.2. The lowest BCUT2D eigenvalue weighted by Crippen LogP contribution is -2.32. The second-order valence-electron chi connectivity index (χ2n) is 8.48. The van der Waals surface area contributed by atoms with Crippen LogP contribution in [0.5, 0.6) is 0 Å². The predicted octanol–water partition coefficient (Wildman–Crippen LogP) is 6.24. The topological polar surface area (TPSA) is 62.5 Å². The second kappa shape index (κ2) is 9.77. The summed E-state index contributed by atoms with van der Waals surface area (Å²) in [7, 11) is 0. The zero-order valence-corrected chi connectivity index (χ0v) is 20.2. The highest BCUT2D eigenvalue weighted by molar-refractivity contribution is 7.99. The minimum Gasteiger partial charge on any atom is -0.478 e. The van der Waals surface area contributed by atoms with Crippen molar-refractivity contribution in [3.05, 3.63) is 58.5 Å². The van der Waals surface area contributed by atoms with Crippen LogP contribution in [0.2, 0.25) is 5.02 Å². The van der Waals surface area contributed by atoms with E-state index in [1.807, 2.05) is 17.9 Å². The molecule has 0 aliphatic carbocycles. The van der Waals surface area contributed by atoms with Gasteiger partial charge in [0.25, 0.3) is 0 Å². The Morgan fingerprint density at radius 2 is 2.06 bits per heavy atom. The summed E-state index contributed by atoms with van der Waals surface area (Å²) in [6.07, 6.45) is 3.21. The number of benzene rings is 2. The lowest BCUT2D eigenvalue weighted by molar-refractivity contribution is -0.130. The van der Waals surface area contributed by atoms with E-state index in [1.54, 1.807) is 22.8 Å². The number of amides is 1. The second-order valence-corrected chi connectivity index (χ2v) is 9.97. The van der Waals surface area contributed by atoms with E-state index in [4.69, 9.17) is 11.6 Å². The van der Waals surface area contributed by atoms with Crippen molar-refractivity contribution in [2.24, 2.45) is 5.92 Å². The van der Waals surface area contributed by atoms with Crippen molar-refractivity contribution in [2.75, 3.05) is 13.1 Å². The van der Waals surface area contributed by atoms with Crippen molar-refractivity contribution in [1.82, 2.24) is 9.47 Å². The van der Waals surface area contributed by atoms with Crippen LogP contribution in [-0.4, -0.2) is 39.5 Å². The number of aromatic nitrogens is 1. The average molecular weight is 489 g/mol. The fourth-order valence-corrected chi connectivity index (χ4v) is 5.80. The molecule has 1 unspecified atom stereocenters. The monoisotopic (exact) mass is 488 g/mol. The Kier molecular flexibility index (Phi) is 7.00. The first-order valence-corrected chi connectivity index (χ1v) is 12.2.